The van der Waals surface area contributed by atoms with Crippen molar-refractivity contribution in [3.8, 4) is 0 Å². The van der Waals surface area contributed by atoms with Crippen molar-refractivity contribution in [1.82, 2.24) is 9.80 Å². The van der Waals surface area contributed by atoms with Crippen molar-refractivity contribution in [1.29, 1.82) is 0 Å². The van der Waals surface area contributed by atoms with Gasteiger partial charge in [0.25, 0.3) is 0 Å². The molecule has 0 radical (unpaired) electrons. The molecule has 7 heteroatoms. The first-order valence-electron chi connectivity index (χ1n) is 10.6. The van der Waals surface area contributed by atoms with Gasteiger partial charge in [-0.15, -0.1) is 11.8 Å². The van der Waals surface area contributed by atoms with Crippen LogP contribution in [0.25, 0.3) is 0 Å². The van der Waals surface area contributed by atoms with E-state index in [1.165, 1.54) is 5.56 Å². The Kier molecular flexibility index (Phi) is 8.12. The van der Waals surface area contributed by atoms with Crippen LogP contribution in [0, 0.1) is 13.8 Å². The highest BCUT2D eigenvalue weighted by molar-refractivity contribution is 7.98. The van der Waals surface area contributed by atoms with Gasteiger partial charge in [-0.2, -0.15) is 0 Å². The number of piperazine rings is 1. The predicted molar refractivity (Wildman–Crippen MR) is 129 cm³/mol. The maximum Gasteiger partial charge on any atom is 0.241 e. The molecule has 2 N–H and O–H groups in total. The number of hydrogen-bond acceptors (Lipinski definition) is 5. The third kappa shape index (κ3) is 6.32. The first kappa shape index (κ1) is 23.3. The van der Waals surface area contributed by atoms with Crippen LogP contribution in [-0.4, -0.2) is 66.6 Å². The van der Waals surface area contributed by atoms with Crippen molar-refractivity contribution in [2.45, 2.75) is 31.7 Å². The van der Waals surface area contributed by atoms with Gasteiger partial charge in [-0.25, -0.2) is 0 Å². The first-order valence-corrected chi connectivity index (χ1v) is 11.9. The van der Waals surface area contributed by atoms with Gasteiger partial charge in [0.2, 0.25) is 11.8 Å². The molecule has 1 heterocycles. The molecule has 0 aromatic heterocycles. The van der Waals surface area contributed by atoms with E-state index in [0.29, 0.717) is 6.54 Å². The summed E-state index contributed by atoms with van der Waals surface area (Å²) in [5.41, 5.74) is 3.97. The Morgan fingerprint density at radius 3 is 2.45 bits per heavy atom. The lowest BCUT2D eigenvalue weighted by molar-refractivity contribution is -0.122. The largest absolute Gasteiger partial charge is 0.325 e. The molecule has 1 aliphatic heterocycles. The molecule has 0 saturated carbocycles. The summed E-state index contributed by atoms with van der Waals surface area (Å²) in [6.07, 6.45) is 2.02. The van der Waals surface area contributed by atoms with Crippen LogP contribution < -0.4 is 10.6 Å². The average molecular weight is 441 g/mol. The van der Waals surface area contributed by atoms with Crippen molar-refractivity contribution in [3.05, 3.63) is 53.6 Å². The zero-order chi connectivity index (χ0) is 22.4. The summed E-state index contributed by atoms with van der Waals surface area (Å²) >= 11 is 1.65. The molecular weight excluding hydrogens is 408 g/mol. The molecule has 0 bridgehead atoms. The quantitative estimate of drug-likeness (QED) is 0.644. The molecule has 31 heavy (non-hydrogen) atoms. The Labute approximate surface area is 189 Å². The fourth-order valence-corrected chi connectivity index (χ4v) is 4.16. The lowest BCUT2D eigenvalue weighted by Crippen LogP contribution is -2.53. The van der Waals surface area contributed by atoms with E-state index in [1.807, 2.05) is 69.5 Å². The molecule has 2 amide bonds. The number of benzene rings is 2. The number of carbonyl (C=O) groups is 2. The van der Waals surface area contributed by atoms with Crippen LogP contribution in [0.3, 0.4) is 0 Å². The molecule has 1 fully saturated rings. The first-order chi connectivity index (χ1) is 14.9. The zero-order valence-corrected chi connectivity index (χ0v) is 19.6. The molecule has 1 saturated heterocycles. The molecule has 1 unspecified atom stereocenters. The topological polar surface area (TPSA) is 64.7 Å². The Balaban J connectivity index is 1.46. The van der Waals surface area contributed by atoms with Gasteiger partial charge in [-0.1, -0.05) is 18.2 Å². The minimum absolute atomic E-state index is 0.000584. The molecule has 2 aromatic rings. The van der Waals surface area contributed by atoms with Crippen LogP contribution in [0.15, 0.2) is 47.4 Å². The number of amides is 2. The monoisotopic (exact) mass is 440 g/mol. The van der Waals surface area contributed by atoms with Crippen LogP contribution in [0.4, 0.5) is 11.4 Å². The molecule has 1 atom stereocenters. The number of carbonyl (C=O) groups excluding carboxylic acids is 2. The van der Waals surface area contributed by atoms with Crippen LogP contribution in [0.1, 0.15) is 18.1 Å². The number of thioether (sulfide) groups is 1. The maximum absolute atomic E-state index is 12.7. The van der Waals surface area contributed by atoms with Crippen molar-refractivity contribution < 1.29 is 9.59 Å². The van der Waals surface area contributed by atoms with Crippen LogP contribution >= 0.6 is 11.8 Å². The predicted octanol–water partition coefficient (Wildman–Crippen LogP) is 3.61. The van der Waals surface area contributed by atoms with Crippen LogP contribution in [0.2, 0.25) is 0 Å². The number of nitrogens with one attached hydrogen (secondary N) is 2. The standard InChI is InChI=1S/C24H32N4O2S/c1-17-7-5-10-22(18(17)2)26-23(29)16-27-11-13-28(14-12-27)19(3)24(30)25-20-8-6-9-21(15-20)31-4/h5-10,15,19H,11-14,16H2,1-4H3,(H,25,30)(H,26,29). The Morgan fingerprint density at radius 2 is 1.74 bits per heavy atom. The second kappa shape index (κ2) is 10.8. The van der Waals surface area contributed by atoms with Gasteiger partial charge < -0.3 is 10.6 Å². The Hall–Kier alpha value is -2.35. The lowest BCUT2D eigenvalue weighted by atomic mass is 10.1. The number of nitrogens with zero attached hydrogens (tertiary/aromatic N) is 2. The van der Waals surface area contributed by atoms with Crippen LogP contribution in [0.5, 0.6) is 0 Å². The molecule has 166 valence electrons. The number of hydrogen-bond donors (Lipinski definition) is 2. The summed E-state index contributed by atoms with van der Waals surface area (Å²) in [5, 5.41) is 6.05. The Morgan fingerprint density at radius 1 is 1.03 bits per heavy atom. The molecule has 0 spiro atoms. The number of anilines is 2. The number of aryl methyl sites for hydroxylation is 1. The molecule has 6 nitrogen and oxygen atoms in total. The molecule has 2 aromatic carbocycles. The zero-order valence-electron chi connectivity index (χ0n) is 18.8. The van der Waals surface area contributed by atoms with E-state index in [-0.39, 0.29) is 17.9 Å². The Bertz CT molecular complexity index is 926. The second-order valence-electron chi connectivity index (χ2n) is 8.00. The highest BCUT2D eigenvalue weighted by Crippen LogP contribution is 2.20. The minimum Gasteiger partial charge on any atom is -0.325 e. The number of rotatable bonds is 7. The third-order valence-corrected chi connectivity index (χ3v) is 6.64. The van der Waals surface area contributed by atoms with Gasteiger partial charge >= 0.3 is 0 Å². The highest BCUT2D eigenvalue weighted by Gasteiger charge is 2.26. The van der Waals surface area contributed by atoms with Crippen molar-refractivity contribution in [2.24, 2.45) is 0 Å². The van der Waals surface area contributed by atoms with Gasteiger partial charge in [-0.3, -0.25) is 19.4 Å². The van der Waals surface area contributed by atoms with Gasteiger partial charge in [0.15, 0.2) is 0 Å². The summed E-state index contributed by atoms with van der Waals surface area (Å²) < 4.78 is 0. The van der Waals surface area contributed by atoms with E-state index < -0.39 is 0 Å². The average Bonchev–Trinajstić information content (AvgIpc) is 2.77. The third-order valence-electron chi connectivity index (χ3n) is 5.92. The van der Waals surface area contributed by atoms with E-state index in [4.69, 9.17) is 0 Å². The maximum atomic E-state index is 12.7. The summed E-state index contributed by atoms with van der Waals surface area (Å²) in [6, 6.07) is 13.6. The summed E-state index contributed by atoms with van der Waals surface area (Å²) in [5.74, 6) is 0.000913. The van der Waals surface area contributed by atoms with E-state index in [0.717, 1.165) is 48.0 Å². The van der Waals surface area contributed by atoms with Gasteiger partial charge in [0.1, 0.15) is 0 Å². The molecule has 1 aliphatic rings. The van der Waals surface area contributed by atoms with Crippen molar-refractivity contribution in [2.75, 3.05) is 49.6 Å². The van der Waals surface area contributed by atoms with Crippen LogP contribution in [-0.2, 0) is 9.59 Å². The van der Waals surface area contributed by atoms with Gasteiger partial charge in [0, 0.05) is 42.4 Å². The van der Waals surface area contributed by atoms with E-state index in [2.05, 4.69) is 20.4 Å². The lowest BCUT2D eigenvalue weighted by Gasteiger charge is -2.37. The van der Waals surface area contributed by atoms with E-state index in [1.54, 1.807) is 11.8 Å². The fourth-order valence-electron chi connectivity index (χ4n) is 3.70. The fraction of sp³-hybridized carbons (Fsp3) is 0.417. The summed E-state index contributed by atoms with van der Waals surface area (Å²) in [6.45, 7) is 9.42. The summed E-state index contributed by atoms with van der Waals surface area (Å²) in [7, 11) is 0. The van der Waals surface area contributed by atoms with E-state index in [9.17, 15) is 9.59 Å². The minimum atomic E-state index is -0.219. The van der Waals surface area contributed by atoms with Gasteiger partial charge in [-0.05, 0) is 62.4 Å². The normalized spacial score (nSPS) is 16.0. The summed E-state index contributed by atoms with van der Waals surface area (Å²) in [4.78, 5) is 30.6. The SMILES string of the molecule is CSc1cccc(NC(=O)C(C)N2CCN(CC(=O)Nc3cccc(C)c3C)CC2)c1. The van der Waals surface area contributed by atoms with Gasteiger partial charge in [0.05, 0.1) is 12.6 Å². The second-order valence-corrected chi connectivity index (χ2v) is 8.88. The van der Waals surface area contributed by atoms with Crippen molar-refractivity contribution >= 4 is 35.0 Å². The molecule has 0 aliphatic carbocycles. The van der Waals surface area contributed by atoms with Crippen molar-refractivity contribution in [3.63, 3.8) is 0 Å². The highest BCUT2D eigenvalue weighted by atomic mass is 32.2. The van der Waals surface area contributed by atoms with E-state index >= 15 is 0 Å². The molecule has 3 rings (SSSR count). The molecular formula is C24H32N4O2S. The smallest absolute Gasteiger partial charge is 0.241 e.